The van der Waals surface area contributed by atoms with Gasteiger partial charge in [-0.25, -0.2) is 29.9 Å². The molecule has 0 saturated heterocycles. The van der Waals surface area contributed by atoms with Gasteiger partial charge >= 0.3 is 12.4 Å². The number of aliphatic imine (C=N–C) groups is 3. The van der Waals surface area contributed by atoms with Crippen LogP contribution in [0.15, 0.2) is 258 Å². The number of thiophene rings is 2. The number of alkyl halides is 6. The molecule has 0 saturated carbocycles. The van der Waals surface area contributed by atoms with E-state index in [1.165, 1.54) is 24.7 Å². The molecule has 0 aliphatic heterocycles. The van der Waals surface area contributed by atoms with Crippen molar-refractivity contribution in [1.82, 2.24) is 29.9 Å². The van der Waals surface area contributed by atoms with E-state index in [1.807, 2.05) is 97.3 Å². The average Bonchev–Trinajstić information content (AvgIpc) is 0.899. The van der Waals surface area contributed by atoms with Gasteiger partial charge in [0.15, 0.2) is 34.3 Å². The van der Waals surface area contributed by atoms with E-state index < -0.39 is 35.0 Å². The van der Waals surface area contributed by atoms with Gasteiger partial charge in [-0.2, -0.15) is 76.8 Å². The lowest BCUT2D eigenvalue weighted by atomic mass is 9.88. The fourth-order valence-electron chi connectivity index (χ4n) is 11.9. The number of hydrogen-bond donors (Lipinski definition) is 0. The summed E-state index contributed by atoms with van der Waals surface area (Å²) in [5, 5.41) is 39.9. The van der Waals surface area contributed by atoms with Gasteiger partial charge in [0.1, 0.15) is 79.8 Å². The number of hydrogen-bond acceptors (Lipinski definition) is 19. The lowest BCUT2D eigenvalue weighted by Crippen LogP contribution is -2.27. The highest BCUT2D eigenvalue weighted by Crippen LogP contribution is 2.45. The Hall–Kier alpha value is -14.9. The first-order valence-corrected chi connectivity index (χ1v) is 32.7. The predicted octanol–water partition coefficient (Wildman–Crippen LogP) is 18.4. The molecule has 3 aliphatic rings. The van der Waals surface area contributed by atoms with Gasteiger partial charge in [-0.3, -0.25) is 0 Å². The monoisotopic (exact) mass is 1430 g/mol. The van der Waals surface area contributed by atoms with Crippen LogP contribution in [0.25, 0.3) is 91.1 Å². The maximum atomic E-state index is 14.0. The molecule has 3 aliphatic carbocycles. The van der Waals surface area contributed by atoms with E-state index in [2.05, 4.69) is 104 Å². The highest BCUT2D eigenvalue weighted by Gasteiger charge is 2.42. The smallest absolute Gasteiger partial charge is 0.435 e. The minimum absolute atomic E-state index is 0.105. The Bertz CT molecular complexity index is 5880. The van der Waals surface area contributed by atoms with Crippen LogP contribution >= 0.6 is 22.7 Å². The van der Waals surface area contributed by atoms with Crippen molar-refractivity contribution in [3.8, 4) is 94.8 Å². The van der Waals surface area contributed by atoms with Gasteiger partial charge in [-0.1, -0.05) is 146 Å². The maximum absolute atomic E-state index is 14.0. The number of benzene rings is 6. The van der Waals surface area contributed by atoms with Crippen LogP contribution in [0, 0.1) is 54.1 Å². The molecule has 106 heavy (non-hydrogen) atoms. The normalized spacial score (nSPS) is 14.6. The molecule has 0 fully saturated rings. The van der Waals surface area contributed by atoms with Crippen molar-refractivity contribution in [1.29, 1.82) is 15.8 Å². The van der Waals surface area contributed by atoms with Gasteiger partial charge in [0.05, 0.1) is 43.1 Å². The second-order valence-corrected chi connectivity index (χ2v) is 24.6. The fraction of sp³-hybridized carbons (Fsp3) is 0.0256. The molecule has 0 atom stereocenters. The van der Waals surface area contributed by atoms with Gasteiger partial charge in [-0.15, -0.1) is 37.5 Å². The maximum Gasteiger partial charge on any atom is 0.435 e. The molecule has 20 nitrogen and oxygen atoms in total. The molecule has 6 aromatic carbocycles. The predicted molar refractivity (Wildman–Crippen MR) is 384 cm³/mol. The minimum Gasteiger partial charge on any atom is -0.463 e. The summed E-state index contributed by atoms with van der Waals surface area (Å²) in [6.45, 7) is 21.9. The van der Waals surface area contributed by atoms with Crippen LogP contribution in [0.2, 0.25) is 0 Å². The van der Waals surface area contributed by atoms with Crippen molar-refractivity contribution >= 4 is 56.9 Å². The Kier molecular flexibility index (Phi) is 18.6. The molecule has 7 heterocycles. The van der Waals surface area contributed by atoms with Crippen molar-refractivity contribution < 1.29 is 35.2 Å². The molecule has 0 unspecified atom stereocenters. The molecule has 0 bridgehead atoms. The van der Waals surface area contributed by atoms with Crippen molar-refractivity contribution in [3.05, 3.63) is 332 Å². The van der Waals surface area contributed by atoms with Crippen molar-refractivity contribution in [2.75, 3.05) is 0 Å². The fourth-order valence-corrected chi connectivity index (χ4v) is 13.9. The molecule has 7 aromatic heterocycles. The average molecular weight is 1440 g/mol. The molecular weight excluding hydrogens is 1400 g/mol. The van der Waals surface area contributed by atoms with Gasteiger partial charge in [0.25, 0.3) is 0 Å². The van der Waals surface area contributed by atoms with Gasteiger partial charge in [-0.05, 0) is 71.8 Å². The third-order valence-corrected chi connectivity index (χ3v) is 18.6. The van der Waals surface area contributed by atoms with Crippen LogP contribution in [0.5, 0.6) is 0 Å². The molecule has 0 spiro atoms. The van der Waals surface area contributed by atoms with Gasteiger partial charge in [0.2, 0.25) is 18.6 Å². The number of nitrogens with zero attached hydrogens (tertiary/aromatic N) is 18. The molecule has 28 heteroatoms. The van der Waals surface area contributed by atoms with E-state index in [9.17, 15) is 36.9 Å². The highest BCUT2D eigenvalue weighted by molar-refractivity contribution is 7.19. The Balaban J connectivity index is 0.000000136. The number of furan rings is 2. The zero-order chi connectivity index (χ0) is 73.6. The number of halogens is 6. The molecule has 0 N–H and O–H groups in total. The quantitative estimate of drug-likeness (QED) is 0.0627. The van der Waals surface area contributed by atoms with Gasteiger partial charge in [0, 0.05) is 48.7 Å². The van der Waals surface area contributed by atoms with Crippen molar-refractivity contribution in [2.24, 2.45) is 30.3 Å². The highest BCUT2D eigenvalue weighted by atomic mass is 32.1. The number of aromatic nitrogens is 6. The first-order chi connectivity index (χ1) is 51.6. The number of rotatable bonds is 7. The molecule has 504 valence electrons. The van der Waals surface area contributed by atoms with Crippen molar-refractivity contribution in [2.45, 2.75) is 12.4 Å². The van der Waals surface area contributed by atoms with E-state index in [1.54, 1.807) is 65.3 Å². The van der Waals surface area contributed by atoms with Gasteiger partial charge < -0.3 is 8.83 Å². The Labute approximate surface area is 604 Å². The molecule has 0 amide bonds. The zero-order valence-corrected chi connectivity index (χ0v) is 55.4. The van der Waals surface area contributed by atoms with Crippen LogP contribution in [0.3, 0.4) is 0 Å². The van der Waals surface area contributed by atoms with Crippen LogP contribution in [0.4, 0.5) is 26.3 Å². The standard InChI is InChI=1S/C34H18N6S2.C22H8F6N6.C22H10N6O2/c1-36-40-30-24-15-9-8-14-23(24)29(37-20-35)33-34(30)39-32(28-19-17-26(42-28)22-12-6-3-7-13-22)31(38-33)27-18-16-25(41-27)21-10-4-2-5-11-21;1-30-34-17-14-5-3-2-4-13(14)16(31-10-29)18-19(17)33-20(22(26,27)28)15(32-18)11-6-8-12(9-7-11)21(23,24)25;1-24-28-18-14-7-3-2-6-13(14)17(25-12-23)21-22(18)27-20(16-9-5-11-30-16)19(26-21)15-8-4-10-29-15/h2-19H;2-9H;2-11H/b37-29?,40-30+;31-16?,34-17+;25-17?,28-18+. The van der Waals surface area contributed by atoms with E-state index >= 15 is 0 Å². The summed E-state index contributed by atoms with van der Waals surface area (Å²) >= 11 is 3.26. The third-order valence-electron chi connectivity index (χ3n) is 16.3. The number of nitriles is 3. The van der Waals surface area contributed by atoms with Crippen molar-refractivity contribution in [3.63, 3.8) is 0 Å². The second kappa shape index (κ2) is 29.0. The largest absolute Gasteiger partial charge is 0.463 e. The summed E-state index contributed by atoms with van der Waals surface area (Å²) < 4.78 is 91.8. The lowest BCUT2D eigenvalue weighted by molar-refractivity contribution is -0.141. The zero-order valence-electron chi connectivity index (χ0n) is 53.7. The summed E-state index contributed by atoms with van der Waals surface area (Å²) in [5.74, 6) is 0.965. The second-order valence-electron chi connectivity index (χ2n) is 22.4. The van der Waals surface area contributed by atoms with E-state index in [0.29, 0.717) is 114 Å². The number of fused-ring (bicyclic) bond motifs is 6. The molecule has 16 rings (SSSR count). The minimum atomic E-state index is -5.05. The van der Waals surface area contributed by atoms with E-state index in [0.717, 1.165) is 42.8 Å². The van der Waals surface area contributed by atoms with Crippen LogP contribution < -0.4 is 0 Å². The van der Waals surface area contributed by atoms with E-state index in [4.69, 9.17) is 53.7 Å². The summed E-state index contributed by atoms with van der Waals surface area (Å²) in [6, 6.07) is 59.6. The van der Waals surface area contributed by atoms with Crippen LogP contribution in [0.1, 0.15) is 78.8 Å². The summed E-state index contributed by atoms with van der Waals surface area (Å²) in [7, 11) is 0. The SMILES string of the molecule is [C-]#[N+]/N=C1\c2ccccc2C(=NC#N)c2nc(-c3ccc(-c4ccccc4)s3)c(-c3ccc(-c4ccccc4)s3)nc21.[C-]#[N+]/N=C1\c2ccccc2C(=NC#N)c2nc(-c3ccc(C(F)(F)F)cc3)c(C(F)(F)F)nc21.[C-]#[N+]/N=C1\c2ccccc2C(=NC#N)c2nc(-c3ccco3)c(-c3ccco3)nc21. The first-order valence-electron chi connectivity index (χ1n) is 31.1. The first kappa shape index (κ1) is 68.2. The Morgan fingerprint density at radius 1 is 0.321 bits per heavy atom. The molecule has 13 aromatic rings. The lowest BCUT2D eigenvalue weighted by Gasteiger charge is -2.22. The summed E-state index contributed by atoms with van der Waals surface area (Å²) in [6.07, 6.45) is -1.31. The topological polar surface area (TPSA) is 262 Å². The van der Waals surface area contributed by atoms with E-state index in [-0.39, 0.29) is 33.8 Å². The van der Waals surface area contributed by atoms with Crippen LogP contribution in [-0.4, -0.2) is 64.2 Å². The Morgan fingerprint density at radius 2 is 0.642 bits per heavy atom. The molecular formula is C78H36F6N18O2S2. The summed E-state index contributed by atoms with van der Waals surface area (Å²) in [5.41, 5.74) is 6.25. The summed E-state index contributed by atoms with van der Waals surface area (Å²) in [4.78, 5) is 53.1. The van der Waals surface area contributed by atoms with Crippen LogP contribution in [-0.2, 0) is 12.4 Å². The third kappa shape index (κ3) is 13.0. The Morgan fingerprint density at radius 3 is 0.972 bits per heavy atom. The molecule has 0 radical (unpaired) electrons.